The molecule has 0 aromatic heterocycles. The van der Waals surface area contributed by atoms with Crippen LogP contribution in [0.2, 0.25) is 0 Å². The molecule has 2 rings (SSSR count). The van der Waals surface area contributed by atoms with Gasteiger partial charge in [0.15, 0.2) is 0 Å². The Balaban J connectivity index is 2.05. The van der Waals surface area contributed by atoms with Gasteiger partial charge in [-0.3, -0.25) is 0 Å². The van der Waals surface area contributed by atoms with Gasteiger partial charge >= 0.3 is 0 Å². The molecule has 2 fully saturated rings. The summed E-state index contributed by atoms with van der Waals surface area (Å²) in [5.41, 5.74) is -0.547. The van der Waals surface area contributed by atoms with Gasteiger partial charge < -0.3 is 0 Å². The zero-order valence-electron chi connectivity index (χ0n) is 4.90. The van der Waals surface area contributed by atoms with E-state index in [-0.39, 0.29) is 12.3 Å². The van der Waals surface area contributed by atoms with Crippen molar-refractivity contribution in [3.63, 3.8) is 0 Å². The number of hydrogen-bond donors (Lipinski definition) is 1. The summed E-state index contributed by atoms with van der Waals surface area (Å²) < 4.78 is 24.8. The Labute approximate surface area is 58.0 Å². The van der Waals surface area contributed by atoms with Crippen molar-refractivity contribution < 1.29 is 8.78 Å². The lowest BCUT2D eigenvalue weighted by Crippen LogP contribution is -1.95. The zero-order chi connectivity index (χ0) is 6.70. The van der Waals surface area contributed by atoms with Gasteiger partial charge in [0, 0.05) is 11.8 Å². The lowest BCUT2D eigenvalue weighted by Gasteiger charge is -1.90. The summed E-state index contributed by atoms with van der Waals surface area (Å²) in [5, 5.41) is 0. The molecule has 0 heterocycles. The maximum absolute atomic E-state index is 12.4. The van der Waals surface area contributed by atoms with E-state index in [1.807, 2.05) is 0 Å². The number of alkyl halides is 2. The lowest BCUT2D eigenvalue weighted by molar-refractivity contribution is 0.0901. The molecule has 0 radical (unpaired) electrons. The van der Waals surface area contributed by atoms with Gasteiger partial charge in [0.1, 0.15) is 0 Å². The molecule has 3 heteroatoms. The van der Waals surface area contributed by atoms with Crippen molar-refractivity contribution in [1.29, 1.82) is 0 Å². The zero-order valence-corrected chi connectivity index (χ0v) is 5.80. The molecule has 0 bridgehead atoms. The van der Waals surface area contributed by atoms with Crippen molar-refractivity contribution in [2.75, 3.05) is 5.75 Å². The van der Waals surface area contributed by atoms with E-state index in [4.69, 9.17) is 0 Å². The van der Waals surface area contributed by atoms with Gasteiger partial charge in [-0.2, -0.15) is 12.6 Å². The molecule has 0 nitrogen and oxygen atoms in total. The maximum Gasteiger partial charge on any atom is 0.254 e. The summed E-state index contributed by atoms with van der Waals surface area (Å²) in [4.78, 5) is 0. The van der Waals surface area contributed by atoms with E-state index in [9.17, 15) is 8.78 Å². The maximum atomic E-state index is 12.4. The molecule has 2 saturated carbocycles. The first-order valence-electron chi connectivity index (χ1n) is 3.11. The smallest absolute Gasteiger partial charge is 0.206 e. The Kier molecular flexibility index (Phi) is 0.852. The molecule has 1 spiro atoms. The van der Waals surface area contributed by atoms with Crippen LogP contribution in [-0.2, 0) is 0 Å². The summed E-state index contributed by atoms with van der Waals surface area (Å²) >= 11 is 3.98. The summed E-state index contributed by atoms with van der Waals surface area (Å²) in [6.07, 6.45) is 0.842. The van der Waals surface area contributed by atoms with Gasteiger partial charge in [0.05, 0.1) is 0 Å². The number of rotatable bonds is 1. The largest absolute Gasteiger partial charge is 0.254 e. The second-order valence-corrected chi connectivity index (χ2v) is 3.49. The van der Waals surface area contributed by atoms with Crippen molar-refractivity contribution in [3.05, 3.63) is 0 Å². The van der Waals surface area contributed by atoms with Crippen LogP contribution in [0.15, 0.2) is 0 Å². The highest BCUT2D eigenvalue weighted by atomic mass is 32.1. The second kappa shape index (κ2) is 1.29. The molecule has 0 saturated heterocycles. The third kappa shape index (κ3) is 0.540. The van der Waals surface area contributed by atoms with Crippen molar-refractivity contribution >= 4 is 12.6 Å². The molecule has 0 amide bonds. The van der Waals surface area contributed by atoms with Crippen LogP contribution in [0.3, 0.4) is 0 Å². The summed E-state index contributed by atoms with van der Waals surface area (Å²) in [6.45, 7) is 0. The molecular weight excluding hydrogens is 142 g/mol. The van der Waals surface area contributed by atoms with Gasteiger partial charge in [-0.15, -0.1) is 0 Å². The minimum absolute atomic E-state index is 0.130. The van der Waals surface area contributed by atoms with E-state index in [0.29, 0.717) is 12.2 Å². The monoisotopic (exact) mass is 150 g/mol. The Morgan fingerprint density at radius 1 is 1.56 bits per heavy atom. The first-order chi connectivity index (χ1) is 4.12. The fourth-order valence-electron chi connectivity index (χ4n) is 1.64. The molecule has 0 aliphatic heterocycles. The third-order valence-electron chi connectivity index (χ3n) is 2.59. The molecule has 0 aromatic carbocycles. The highest BCUT2D eigenvalue weighted by molar-refractivity contribution is 7.80. The van der Waals surface area contributed by atoms with Crippen LogP contribution < -0.4 is 0 Å². The normalized spacial score (nSPS) is 51.7. The van der Waals surface area contributed by atoms with E-state index in [2.05, 4.69) is 12.6 Å². The molecule has 9 heavy (non-hydrogen) atoms. The Morgan fingerprint density at radius 2 is 2.11 bits per heavy atom. The van der Waals surface area contributed by atoms with Crippen molar-refractivity contribution in [3.8, 4) is 0 Å². The predicted molar refractivity (Wildman–Crippen MR) is 34.0 cm³/mol. The second-order valence-electron chi connectivity index (χ2n) is 3.12. The Bertz CT molecular complexity index is 157. The standard InChI is InChI=1S/C6H8F2S/c7-6(8)3-5(6)1-4(5)2-9/h4,9H,1-3H2. The fraction of sp³-hybridized carbons (Fsp3) is 1.00. The van der Waals surface area contributed by atoms with E-state index in [1.54, 1.807) is 0 Å². The van der Waals surface area contributed by atoms with Crippen LogP contribution in [0.1, 0.15) is 12.8 Å². The number of thiol groups is 1. The van der Waals surface area contributed by atoms with Crippen molar-refractivity contribution in [2.24, 2.45) is 11.3 Å². The van der Waals surface area contributed by atoms with Crippen LogP contribution in [-0.4, -0.2) is 11.7 Å². The average Bonchev–Trinajstić information content (AvgIpc) is 2.53. The lowest BCUT2D eigenvalue weighted by atomic mass is 10.3. The SMILES string of the molecule is FC1(F)CC12CC2CS. The van der Waals surface area contributed by atoms with Crippen LogP contribution in [0, 0.1) is 11.3 Å². The minimum Gasteiger partial charge on any atom is -0.206 e. The molecule has 2 aliphatic rings. The van der Waals surface area contributed by atoms with E-state index in [1.165, 1.54) is 0 Å². The van der Waals surface area contributed by atoms with Gasteiger partial charge in [0.25, 0.3) is 5.92 Å². The van der Waals surface area contributed by atoms with Gasteiger partial charge in [0.2, 0.25) is 0 Å². The number of hydrogen-bond acceptors (Lipinski definition) is 1. The molecule has 2 aliphatic carbocycles. The van der Waals surface area contributed by atoms with Crippen molar-refractivity contribution in [2.45, 2.75) is 18.8 Å². The highest BCUT2D eigenvalue weighted by Gasteiger charge is 2.82. The third-order valence-corrected chi connectivity index (χ3v) is 3.03. The highest BCUT2D eigenvalue weighted by Crippen LogP contribution is 2.79. The summed E-state index contributed by atoms with van der Waals surface area (Å²) in [7, 11) is 0. The van der Waals surface area contributed by atoms with Crippen LogP contribution in [0.25, 0.3) is 0 Å². The van der Waals surface area contributed by atoms with Crippen LogP contribution in [0.4, 0.5) is 8.78 Å². The molecule has 0 aromatic rings. The molecule has 2 atom stereocenters. The van der Waals surface area contributed by atoms with Crippen molar-refractivity contribution in [1.82, 2.24) is 0 Å². The average molecular weight is 150 g/mol. The molecular formula is C6H8F2S. The summed E-state index contributed by atoms with van der Waals surface area (Å²) in [5.74, 6) is -1.47. The summed E-state index contributed by atoms with van der Waals surface area (Å²) in [6, 6.07) is 0. The minimum atomic E-state index is -2.32. The predicted octanol–water partition coefficient (Wildman–Crippen LogP) is 1.96. The molecule has 52 valence electrons. The van der Waals surface area contributed by atoms with E-state index < -0.39 is 11.3 Å². The topological polar surface area (TPSA) is 0 Å². The first-order valence-corrected chi connectivity index (χ1v) is 3.74. The van der Waals surface area contributed by atoms with Crippen LogP contribution in [0.5, 0.6) is 0 Å². The van der Waals surface area contributed by atoms with Crippen LogP contribution >= 0.6 is 12.6 Å². The quantitative estimate of drug-likeness (QED) is 0.543. The van der Waals surface area contributed by atoms with Gasteiger partial charge in [-0.05, 0) is 18.1 Å². The molecule has 0 N–H and O–H groups in total. The Hall–Kier alpha value is 0.210. The number of halogens is 2. The van der Waals surface area contributed by atoms with Gasteiger partial charge in [-0.25, -0.2) is 8.78 Å². The fourth-order valence-corrected chi connectivity index (χ4v) is 2.12. The molecule has 2 unspecified atom stereocenters. The van der Waals surface area contributed by atoms with Gasteiger partial charge in [-0.1, -0.05) is 0 Å². The van der Waals surface area contributed by atoms with E-state index in [0.717, 1.165) is 0 Å². The Morgan fingerprint density at radius 3 is 2.22 bits per heavy atom. The first kappa shape index (κ1) is 5.96. The van der Waals surface area contributed by atoms with E-state index >= 15 is 0 Å².